The van der Waals surface area contributed by atoms with E-state index in [0.29, 0.717) is 47.8 Å². The Morgan fingerprint density at radius 3 is 2.45 bits per heavy atom. The van der Waals surface area contributed by atoms with Gasteiger partial charge in [-0.3, -0.25) is 14.4 Å². The van der Waals surface area contributed by atoms with Crippen LogP contribution in [-0.4, -0.2) is 44.4 Å². The van der Waals surface area contributed by atoms with Crippen molar-refractivity contribution < 1.29 is 29.0 Å². The Balaban J connectivity index is 1.18. The third kappa shape index (κ3) is 6.13. The number of nitrogens with one attached hydrogen (secondary N) is 1. The van der Waals surface area contributed by atoms with Gasteiger partial charge < -0.3 is 30.2 Å². The zero-order valence-electron chi connectivity index (χ0n) is 28.5. The summed E-state index contributed by atoms with van der Waals surface area (Å²) in [6, 6.07) is 13.7. The molecule has 4 heterocycles. The lowest BCUT2D eigenvalue weighted by Gasteiger charge is -2.31. The topological polar surface area (TPSA) is 163 Å². The van der Waals surface area contributed by atoms with E-state index < -0.39 is 23.7 Å². The van der Waals surface area contributed by atoms with Crippen LogP contribution in [0, 0.1) is 5.92 Å². The van der Waals surface area contributed by atoms with Crippen molar-refractivity contribution in [3.8, 4) is 17.1 Å². The van der Waals surface area contributed by atoms with Gasteiger partial charge in [0.25, 0.3) is 5.56 Å². The monoisotopic (exact) mass is 666 g/mol. The summed E-state index contributed by atoms with van der Waals surface area (Å²) in [4.78, 5) is 56.1. The number of amides is 1. The van der Waals surface area contributed by atoms with Crippen molar-refractivity contribution in [1.82, 2.24) is 14.9 Å². The molecule has 2 aromatic heterocycles. The summed E-state index contributed by atoms with van der Waals surface area (Å²) in [6.45, 7) is 9.61. The van der Waals surface area contributed by atoms with Crippen LogP contribution in [0.25, 0.3) is 22.3 Å². The van der Waals surface area contributed by atoms with E-state index in [0.717, 1.165) is 33.2 Å². The van der Waals surface area contributed by atoms with Gasteiger partial charge in [-0.25, -0.2) is 9.78 Å². The summed E-state index contributed by atoms with van der Waals surface area (Å²) in [6.07, 6.45) is 0.966. The number of nitrogens with two attached hydrogens (primary N) is 1. The van der Waals surface area contributed by atoms with Gasteiger partial charge in [-0.2, -0.15) is 0 Å². The molecule has 0 radical (unpaired) electrons. The Kier molecular flexibility index (Phi) is 9.17. The Bertz CT molecular complexity index is 2040. The molecule has 0 aliphatic carbocycles. The summed E-state index contributed by atoms with van der Waals surface area (Å²) < 4.78 is 13.0. The molecule has 256 valence electrons. The average Bonchev–Trinajstić information content (AvgIpc) is 3.46. The minimum Gasteiger partial charge on any atom is -0.489 e. The highest BCUT2D eigenvalue weighted by Crippen LogP contribution is 2.40. The number of hydrogen-bond acceptors (Lipinski definition) is 9. The van der Waals surface area contributed by atoms with Crippen molar-refractivity contribution in [2.75, 3.05) is 0 Å². The van der Waals surface area contributed by atoms with Gasteiger partial charge >= 0.3 is 5.97 Å². The van der Waals surface area contributed by atoms with E-state index in [9.17, 15) is 24.3 Å². The first-order valence-corrected chi connectivity index (χ1v) is 16.8. The van der Waals surface area contributed by atoms with Crippen molar-refractivity contribution in [2.45, 2.75) is 91.3 Å². The first-order valence-electron chi connectivity index (χ1n) is 16.8. The number of rotatable bonds is 11. The normalized spacial score (nSPS) is 17.6. The van der Waals surface area contributed by atoms with Crippen LogP contribution >= 0.6 is 0 Å². The summed E-state index contributed by atoms with van der Waals surface area (Å²) in [5, 5.41) is 14.8. The fraction of sp³-hybridized carbons (Fsp3) is 0.395. The van der Waals surface area contributed by atoms with Crippen LogP contribution in [0.4, 0.5) is 0 Å². The number of carbonyl (C=O) groups is 3. The average molecular weight is 667 g/mol. The molecule has 11 heteroatoms. The maximum absolute atomic E-state index is 13.6. The fourth-order valence-electron chi connectivity index (χ4n) is 6.60. The molecule has 0 fully saturated rings. The molecule has 2 aliphatic rings. The zero-order valence-corrected chi connectivity index (χ0v) is 28.5. The summed E-state index contributed by atoms with van der Waals surface area (Å²) >= 11 is 0. The number of aryl methyl sites for hydroxylation is 1. The number of aliphatic hydroxyl groups is 1. The van der Waals surface area contributed by atoms with E-state index in [4.69, 9.17) is 20.2 Å². The number of benzene rings is 2. The number of fused-ring (bicyclic) bond motifs is 5. The van der Waals surface area contributed by atoms with Crippen molar-refractivity contribution in [3.63, 3.8) is 0 Å². The second-order valence-electron chi connectivity index (χ2n) is 13.3. The largest absolute Gasteiger partial charge is 0.489 e. The van der Waals surface area contributed by atoms with E-state index >= 15 is 0 Å². The van der Waals surface area contributed by atoms with Gasteiger partial charge in [0.15, 0.2) is 11.4 Å². The van der Waals surface area contributed by atoms with E-state index in [-0.39, 0.29) is 42.6 Å². The van der Waals surface area contributed by atoms with Crippen molar-refractivity contribution in [2.24, 2.45) is 11.7 Å². The molecule has 49 heavy (non-hydrogen) atoms. The molecular formula is C38H42N4O7. The molecule has 1 amide bonds. The molecule has 11 nitrogen and oxygen atoms in total. The van der Waals surface area contributed by atoms with Crippen LogP contribution in [0.2, 0.25) is 0 Å². The molecule has 0 saturated carbocycles. The lowest BCUT2D eigenvalue weighted by atomic mass is 9.86. The zero-order chi connectivity index (χ0) is 35.2. The SMILES string of the molecule is CCc1c2c(nc3ccc(OCc4ccc(CC(=O)[C@H](C)NC(=O)[C@@H](N)C(C)C)cc4)cc13)-c1cc3c(c(=O)n1C2)COC(=O)[C@]3(O)CC. The number of pyridine rings is 2. The van der Waals surface area contributed by atoms with E-state index in [2.05, 4.69) is 12.2 Å². The standard InChI is InChI=1S/C38H42N4O7/c1-6-25-26-15-24(48-18-23-10-8-22(9-11-23)14-32(43)21(5)40-35(44)33(39)20(3)4)12-13-30(26)41-34-27(25)17-42-31(34)16-29-28(36(42)45)19-49-37(46)38(29,47)7-2/h8-13,15-16,20-21,33,47H,6-7,14,17-19,39H2,1-5H3,(H,40,44)/t21-,33-,38-/m0/s1. The van der Waals surface area contributed by atoms with Crippen LogP contribution in [0.15, 0.2) is 53.3 Å². The predicted octanol–water partition coefficient (Wildman–Crippen LogP) is 3.82. The van der Waals surface area contributed by atoms with Crippen LogP contribution in [0.3, 0.4) is 0 Å². The molecule has 0 spiro atoms. The maximum atomic E-state index is 13.6. The second-order valence-corrected chi connectivity index (χ2v) is 13.3. The fourth-order valence-corrected chi connectivity index (χ4v) is 6.60. The highest BCUT2D eigenvalue weighted by atomic mass is 16.6. The van der Waals surface area contributed by atoms with Crippen LogP contribution in [0.1, 0.15) is 74.4 Å². The lowest BCUT2D eigenvalue weighted by molar-refractivity contribution is -0.172. The molecule has 3 atom stereocenters. The van der Waals surface area contributed by atoms with Crippen LogP contribution < -0.4 is 21.3 Å². The van der Waals surface area contributed by atoms with Crippen molar-refractivity contribution >= 4 is 28.6 Å². The van der Waals surface area contributed by atoms with Gasteiger partial charge in [-0.1, -0.05) is 52.0 Å². The number of ketones is 1. The molecule has 6 rings (SSSR count). The highest BCUT2D eigenvalue weighted by molar-refractivity contribution is 5.92. The predicted molar refractivity (Wildman–Crippen MR) is 184 cm³/mol. The van der Waals surface area contributed by atoms with Crippen molar-refractivity contribution in [3.05, 3.63) is 92.3 Å². The van der Waals surface area contributed by atoms with E-state index in [1.54, 1.807) is 24.5 Å². The Morgan fingerprint density at radius 1 is 1.06 bits per heavy atom. The number of ether oxygens (including phenoxy) is 2. The Hall–Kier alpha value is -4.87. The molecule has 4 aromatic rings. The number of hydrogen-bond donors (Lipinski definition) is 3. The number of Topliss-reactive ketones (excluding diaryl/α,β-unsaturated/α-hetero) is 1. The summed E-state index contributed by atoms with van der Waals surface area (Å²) in [5.74, 6) is -0.537. The van der Waals surface area contributed by atoms with Gasteiger partial charge in [-0.15, -0.1) is 0 Å². The molecule has 4 N–H and O–H groups in total. The minimum absolute atomic E-state index is 0.0236. The molecular weight excluding hydrogens is 624 g/mol. The van der Waals surface area contributed by atoms with E-state index in [1.165, 1.54) is 0 Å². The third-order valence-corrected chi connectivity index (χ3v) is 9.80. The number of esters is 1. The van der Waals surface area contributed by atoms with E-state index in [1.807, 2.05) is 56.3 Å². The number of cyclic esters (lactones) is 1. The third-order valence-electron chi connectivity index (χ3n) is 9.80. The first kappa shape index (κ1) is 34.0. The first-order chi connectivity index (χ1) is 23.4. The number of carbonyl (C=O) groups excluding carboxylic acids is 3. The Morgan fingerprint density at radius 2 is 1.78 bits per heavy atom. The van der Waals surface area contributed by atoms with Gasteiger partial charge in [0.2, 0.25) is 5.91 Å². The smallest absolute Gasteiger partial charge is 0.343 e. The van der Waals surface area contributed by atoms with Crippen molar-refractivity contribution in [1.29, 1.82) is 0 Å². The van der Waals surface area contributed by atoms with Gasteiger partial charge in [0.1, 0.15) is 19.0 Å². The van der Waals surface area contributed by atoms with Crippen LogP contribution in [0.5, 0.6) is 5.75 Å². The molecule has 2 aliphatic heterocycles. The lowest BCUT2D eigenvalue weighted by Crippen LogP contribution is -2.49. The molecule has 2 aromatic carbocycles. The summed E-state index contributed by atoms with van der Waals surface area (Å²) in [7, 11) is 0. The quantitative estimate of drug-likeness (QED) is 0.178. The van der Waals surface area contributed by atoms with Gasteiger partial charge in [0, 0.05) is 22.9 Å². The molecule has 0 bridgehead atoms. The molecule has 0 saturated heterocycles. The maximum Gasteiger partial charge on any atom is 0.343 e. The van der Waals surface area contributed by atoms with Gasteiger partial charge in [0.05, 0.1) is 41.1 Å². The number of aromatic nitrogens is 2. The Labute approximate surface area is 284 Å². The minimum atomic E-state index is -1.88. The highest BCUT2D eigenvalue weighted by Gasteiger charge is 2.45. The second kappa shape index (κ2) is 13.2. The van der Waals surface area contributed by atoms with Gasteiger partial charge in [-0.05, 0) is 66.6 Å². The summed E-state index contributed by atoms with van der Waals surface area (Å²) in [5.41, 5.74) is 10.1. The van der Waals surface area contributed by atoms with Crippen LogP contribution in [-0.2, 0) is 57.3 Å². The number of nitrogens with zero attached hydrogens (tertiary/aromatic N) is 2. The molecule has 0 unspecified atom stereocenters.